The summed E-state index contributed by atoms with van der Waals surface area (Å²) in [5.41, 5.74) is 7.44. The van der Waals surface area contributed by atoms with Crippen molar-refractivity contribution in [3.63, 3.8) is 0 Å². The quantitative estimate of drug-likeness (QED) is 0.475. The minimum atomic E-state index is 0.882. The van der Waals surface area contributed by atoms with Crippen LogP contribution in [0.2, 0.25) is 0 Å². The van der Waals surface area contributed by atoms with Gasteiger partial charge in [0.25, 0.3) is 0 Å². The van der Waals surface area contributed by atoms with E-state index in [-0.39, 0.29) is 0 Å². The number of benzene rings is 3. The van der Waals surface area contributed by atoms with Crippen molar-refractivity contribution >= 4 is 22.1 Å². The van der Waals surface area contributed by atoms with E-state index >= 15 is 0 Å². The molecule has 5 aromatic rings. The average molecular weight is 324 g/mol. The van der Waals surface area contributed by atoms with E-state index in [1.54, 1.807) is 0 Å². The Balaban J connectivity index is 1.53. The van der Waals surface area contributed by atoms with Gasteiger partial charge in [0.2, 0.25) is 0 Å². The lowest BCUT2D eigenvalue weighted by Gasteiger charge is -1.99. The Morgan fingerprint density at radius 3 is 1.92 bits per heavy atom. The molecule has 5 rings (SSSR count). The zero-order valence-corrected chi connectivity index (χ0v) is 13.7. The average Bonchev–Trinajstić information content (AvgIpc) is 3.25. The molecule has 0 saturated carbocycles. The van der Waals surface area contributed by atoms with E-state index in [1.165, 1.54) is 5.56 Å². The number of hydrogen-bond donors (Lipinski definition) is 2. The maximum atomic E-state index is 4.68. The molecule has 0 bridgehead atoms. The van der Waals surface area contributed by atoms with E-state index in [0.29, 0.717) is 0 Å². The lowest BCUT2D eigenvalue weighted by molar-refractivity contribution is 1.32. The van der Waals surface area contributed by atoms with Crippen molar-refractivity contribution < 1.29 is 0 Å². The zero-order valence-electron chi connectivity index (χ0n) is 13.7. The molecule has 0 saturated heterocycles. The fourth-order valence-electron chi connectivity index (χ4n) is 3.14. The van der Waals surface area contributed by atoms with Crippen LogP contribution in [0.1, 0.15) is 5.56 Å². The summed E-state index contributed by atoms with van der Waals surface area (Å²) in [7, 11) is 0. The van der Waals surface area contributed by atoms with E-state index < -0.39 is 0 Å². The Morgan fingerprint density at radius 1 is 0.640 bits per heavy atom. The maximum Gasteiger partial charge on any atom is 0.138 e. The zero-order chi connectivity index (χ0) is 16.8. The summed E-state index contributed by atoms with van der Waals surface area (Å²) < 4.78 is 0. The highest BCUT2D eigenvalue weighted by molar-refractivity contribution is 5.81. The molecule has 0 unspecified atom stereocenters. The Hall–Kier alpha value is -3.40. The number of para-hydroxylation sites is 2. The number of aromatic nitrogens is 4. The summed E-state index contributed by atoms with van der Waals surface area (Å²) in [6.45, 7) is 2.09. The van der Waals surface area contributed by atoms with Crippen molar-refractivity contribution in [1.29, 1.82) is 0 Å². The second kappa shape index (κ2) is 5.31. The van der Waals surface area contributed by atoms with Gasteiger partial charge in [-0.3, -0.25) is 0 Å². The molecular formula is C21H16N4. The Morgan fingerprint density at radius 2 is 1.24 bits per heavy atom. The van der Waals surface area contributed by atoms with Crippen molar-refractivity contribution in [2.75, 3.05) is 0 Å². The highest BCUT2D eigenvalue weighted by atomic mass is 14.9. The Kier molecular flexibility index (Phi) is 2.97. The first kappa shape index (κ1) is 14.0. The number of fused-ring (bicyclic) bond motifs is 2. The van der Waals surface area contributed by atoms with Gasteiger partial charge in [0.15, 0.2) is 0 Å². The van der Waals surface area contributed by atoms with Crippen molar-refractivity contribution in [3.05, 3.63) is 72.3 Å². The smallest absolute Gasteiger partial charge is 0.138 e. The molecule has 4 heteroatoms. The molecular weight excluding hydrogens is 308 g/mol. The molecule has 0 radical (unpaired) electrons. The fourth-order valence-corrected chi connectivity index (χ4v) is 3.14. The van der Waals surface area contributed by atoms with Gasteiger partial charge in [-0.2, -0.15) is 0 Å². The summed E-state index contributed by atoms with van der Waals surface area (Å²) in [6.07, 6.45) is 0. The summed E-state index contributed by atoms with van der Waals surface area (Å²) >= 11 is 0. The Labute approximate surface area is 144 Å². The fraction of sp³-hybridized carbons (Fsp3) is 0.0476. The number of H-pyrrole nitrogens is 2. The first-order valence-electron chi connectivity index (χ1n) is 8.28. The third-order valence-electron chi connectivity index (χ3n) is 4.46. The minimum absolute atomic E-state index is 0.882. The molecule has 0 aliphatic carbocycles. The maximum absolute atomic E-state index is 4.68. The highest BCUT2D eigenvalue weighted by Gasteiger charge is 2.08. The number of aryl methyl sites for hydroxylation is 1. The van der Waals surface area contributed by atoms with Gasteiger partial charge in [-0.15, -0.1) is 0 Å². The van der Waals surface area contributed by atoms with Gasteiger partial charge in [-0.25, -0.2) is 9.97 Å². The van der Waals surface area contributed by atoms with E-state index in [4.69, 9.17) is 0 Å². The van der Waals surface area contributed by atoms with Gasteiger partial charge in [0.05, 0.1) is 22.1 Å². The number of hydrogen-bond acceptors (Lipinski definition) is 2. The standard InChI is InChI=1S/C21H16N4/c1-13-6-11-18-19(12-13)25-21(24-18)15-9-7-14(8-10-15)20-22-16-4-2-3-5-17(16)23-20/h2-12H,1H3,(H,22,23)(H,24,25). The Bertz CT molecular complexity index is 1160. The van der Waals surface area contributed by atoms with Crippen LogP contribution in [0.3, 0.4) is 0 Å². The molecule has 0 amide bonds. The van der Waals surface area contributed by atoms with E-state index in [0.717, 1.165) is 44.8 Å². The molecule has 120 valence electrons. The minimum Gasteiger partial charge on any atom is -0.338 e. The van der Waals surface area contributed by atoms with Crippen LogP contribution < -0.4 is 0 Å². The second-order valence-electron chi connectivity index (χ2n) is 6.29. The van der Waals surface area contributed by atoms with Gasteiger partial charge in [0.1, 0.15) is 11.6 Å². The molecule has 0 aliphatic rings. The van der Waals surface area contributed by atoms with Crippen LogP contribution in [0.4, 0.5) is 0 Å². The molecule has 2 N–H and O–H groups in total. The van der Waals surface area contributed by atoms with Crippen LogP contribution in [-0.2, 0) is 0 Å². The van der Waals surface area contributed by atoms with Crippen LogP contribution in [0.25, 0.3) is 44.8 Å². The molecule has 0 fully saturated rings. The first-order valence-corrected chi connectivity index (χ1v) is 8.28. The van der Waals surface area contributed by atoms with E-state index in [9.17, 15) is 0 Å². The normalized spacial score (nSPS) is 11.4. The third-order valence-corrected chi connectivity index (χ3v) is 4.46. The van der Waals surface area contributed by atoms with Crippen molar-refractivity contribution in [2.45, 2.75) is 6.92 Å². The molecule has 2 heterocycles. The van der Waals surface area contributed by atoms with Crippen molar-refractivity contribution in [3.8, 4) is 22.8 Å². The SMILES string of the molecule is Cc1ccc2nc(-c3ccc(-c4nc5ccccc5[nH]4)cc3)[nH]c2c1. The second-order valence-corrected chi connectivity index (χ2v) is 6.29. The predicted octanol–water partition coefficient (Wildman–Crippen LogP) is 5.08. The molecule has 25 heavy (non-hydrogen) atoms. The lowest BCUT2D eigenvalue weighted by atomic mass is 10.1. The van der Waals surface area contributed by atoms with Crippen LogP contribution in [-0.4, -0.2) is 19.9 Å². The number of aromatic amines is 2. The number of nitrogens with one attached hydrogen (secondary N) is 2. The summed E-state index contributed by atoms with van der Waals surface area (Å²) in [5.74, 6) is 1.77. The molecule has 0 atom stereocenters. The topological polar surface area (TPSA) is 57.4 Å². The van der Waals surface area contributed by atoms with Crippen LogP contribution in [0.5, 0.6) is 0 Å². The third kappa shape index (κ3) is 2.39. The van der Waals surface area contributed by atoms with Crippen molar-refractivity contribution in [1.82, 2.24) is 19.9 Å². The predicted molar refractivity (Wildman–Crippen MR) is 101 cm³/mol. The molecule has 2 aromatic heterocycles. The van der Waals surface area contributed by atoms with Gasteiger partial charge >= 0.3 is 0 Å². The van der Waals surface area contributed by atoms with Crippen molar-refractivity contribution in [2.24, 2.45) is 0 Å². The largest absolute Gasteiger partial charge is 0.338 e. The van der Waals surface area contributed by atoms with Crippen LogP contribution >= 0.6 is 0 Å². The first-order chi connectivity index (χ1) is 12.3. The van der Waals surface area contributed by atoms with Gasteiger partial charge in [0, 0.05) is 11.1 Å². The lowest BCUT2D eigenvalue weighted by Crippen LogP contribution is -1.83. The number of imidazole rings is 2. The van der Waals surface area contributed by atoms with Gasteiger partial charge in [-0.1, -0.05) is 42.5 Å². The van der Waals surface area contributed by atoms with E-state index in [2.05, 4.69) is 63.3 Å². The molecule has 3 aromatic carbocycles. The van der Waals surface area contributed by atoms with Gasteiger partial charge in [-0.05, 0) is 36.8 Å². The summed E-state index contributed by atoms with van der Waals surface area (Å²) in [4.78, 5) is 16.1. The molecule has 0 spiro atoms. The molecule has 4 nitrogen and oxygen atoms in total. The van der Waals surface area contributed by atoms with Crippen LogP contribution in [0.15, 0.2) is 66.7 Å². The monoisotopic (exact) mass is 324 g/mol. The summed E-state index contributed by atoms with van der Waals surface area (Å²) in [6, 6.07) is 22.6. The summed E-state index contributed by atoms with van der Waals surface area (Å²) in [5, 5.41) is 0. The van der Waals surface area contributed by atoms with E-state index in [1.807, 2.05) is 30.3 Å². The van der Waals surface area contributed by atoms with Gasteiger partial charge < -0.3 is 9.97 Å². The highest BCUT2D eigenvalue weighted by Crippen LogP contribution is 2.25. The number of rotatable bonds is 2. The van der Waals surface area contributed by atoms with Crippen LogP contribution in [0, 0.1) is 6.92 Å². The molecule has 0 aliphatic heterocycles. The number of nitrogens with zero attached hydrogens (tertiary/aromatic N) is 2.